The van der Waals surface area contributed by atoms with Gasteiger partial charge in [-0.05, 0) is 12.1 Å². The lowest BCUT2D eigenvalue weighted by atomic mass is 10.3. The number of benzene rings is 1. The van der Waals surface area contributed by atoms with Gasteiger partial charge in [-0.1, -0.05) is 0 Å². The molecular weight excluding hydrogens is 490 g/mol. The summed E-state index contributed by atoms with van der Waals surface area (Å²) in [6, 6.07) is 4.44. The molecule has 0 atom stereocenters. The zero-order valence-electron chi connectivity index (χ0n) is 20.0. The number of nitro groups is 1. The predicted octanol–water partition coefficient (Wildman–Crippen LogP) is 1.05. The molecule has 14 heteroatoms. The van der Waals surface area contributed by atoms with Crippen molar-refractivity contribution in [3.05, 3.63) is 34.4 Å². The van der Waals surface area contributed by atoms with Crippen LogP contribution in [-0.4, -0.2) is 113 Å². The van der Waals surface area contributed by atoms with E-state index in [9.17, 15) is 18.5 Å². The molecule has 0 aliphatic carbocycles. The molecule has 0 spiro atoms. The summed E-state index contributed by atoms with van der Waals surface area (Å²) in [5.74, 6) is 0. The molecule has 0 aliphatic rings. The van der Waals surface area contributed by atoms with Gasteiger partial charge in [0.1, 0.15) is 0 Å². The molecule has 0 aromatic heterocycles. The third-order valence-electron chi connectivity index (χ3n) is 4.09. The highest BCUT2D eigenvalue weighted by Crippen LogP contribution is 2.17. The minimum atomic E-state index is -4.00. The number of non-ortho nitro benzene ring substituents is 1. The van der Waals surface area contributed by atoms with E-state index in [0.29, 0.717) is 72.7 Å². The van der Waals surface area contributed by atoms with E-state index in [-0.39, 0.29) is 30.4 Å². The molecule has 202 valence electrons. The molecule has 0 N–H and O–H groups in total. The van der Waals surface area contributed by atoms with E-state index in [1.807, 2.05) is 0 Å². The first kappa shape index (κ1) is 31.3. The first-order chi connectivity index (χ1) is 17.0. The van der Waals surface area contributed by atoms with Crippen molar-refractivity contribution in [3.63, 3.8) is 0 Å². The minimum absolute atomic E-state index is 0.0496. The lowest BCUT2D eigenvalue weighted by Crippen LogP contribution is -2.15. The standard InChI is InChI=1S/C21H35NO12S/c1-27-6-7-28-8-9-29-10-11-30-12-13-31-14-15-32-16-17-33-18-19-34-35(25,26)21-4-2-20(3-5-21)22(23)24/h2-5H,6-19H2,1H3. The van der Waals surface area contributed by atoms with Gasteiger partial charge in [0.2, 0.25) is 0 Å². The molecule has 0 amide bonds. The number of nitro benzene ring substituents is 1. The van der Waals surface area contributed by atoms with Crippen LogP contribution >= 0.6 is 0 Å². The van der Waals surface area contributed by atoms with Crippen molar-refractivity contribution in [2.75, 3.05) is 99.6 Å². The number of nitrogens with zero attached hydrogens (tertiary/aromatic N) is 1. The van der Waals surface area contributed by atoms with E-state index < -0.39 is 15.0 Å². The van der Waals surface area contributed by atoms with Gasteiger partial charge in [-0.2, -0.15) is 8.42 Å². The number of hydrogen-bond donors (Lipinski definition) is 0. The average molecular weight is 526 g/mol. The maximum atomic E-state index is 12.0. The molecule has 1 aromatic rings. The largest absolute Gasteiger partial charge is 0.382 e. The molecule has 0 saturated heterocycles. The highest BCUT2D eigenvalue weighted by molar-refractivity contribution is 7.86. The third-order valence-corrected chi connectivity index (χ3v) is 5.42. The van der Waals surface area contributed by atoms with Crippen LogP contribution in [0.3, 0.4) is 0 Å². The van der Waals surface area contributed by atoms with Gasteiger partial charge in [0.05, 0.1) is 102 Å². The van der Waals surface area contributed by atoms with Gasteiger partial charge in [0.25, 0.3) is 15.8 Å². The molecule has 0 unspecified atom stereocenters. The van der Waals surface area contributed by atoms with Crippen molar-refractivity contribution in [2.24, 2.45) is 0 Å². The van der Waals surface area contributed by atoms with E-state index >= 15 is 0 Å². The SMILES string of the molecule is COCCOCCOCCOCCOCCOCCOCCOS(=O)(=O)c1ccc([N+](=O)[O-])cc1. The van der Waals surface area contributed by atoms with Crippen LogP contribution < -0.4 is 0 Å². The van der Waals surface area contributed by atoms with Crippen molar-refractivity contribution in [3.8, 4) is 0 Å². The summed E-state index contributed by atoms with van der Waals surface area (Å²) in [5.41, 5.74) is -0.205. The van der Waals surface area contributed by atoms with Crippen LogP contribution in [0.1, 0.15) is 0 Å². The molecule has 0 aliphatic heterocycles. The Balaban J connectivity index is 1.85. The van der Waals surface area contributed by atoms with Crippen molar-refractivity contribution in [2.45, 2.75) is 4.90 Å². The molecule has 0 fully saturated rings. The normalized spacial score (nSPS) is 11.7. The second-order valence-electron chi connectivity index (χ2n) is 6.69. The predicted molar refractivity (Wildman–Crippen MR) is 123 cm³/mol. The summed E-state index contributed by atoms with van der Waals surface area (Å²) in [4.78, 5) is 9.84. The van der Waals surface area contributed by atoms with E-state index in [0.717, 1.165) is 24.3 Å². The maximum Gasteiger partial charge on any atom is 0.297 e. The molecular formula is C21H35NO12S. The van der Waals surface area contributed by atoms with Crippen LogP contribution in [0.4, 0.5) is 5.69 Å². The second kappa shape index (κ2) is 20.4. The Hall–Kier alpha value is -1.75. The van der Waals surface area contributed by atoms with Gasteiger partial charge in [-0.25, -0.2) is 0 Å². The van der Waals surface area contributed by atoms with Gasteiger partial charge >= 0.3 is 0 Å². The van der Waals surface area contributed by atoms with Crippen molar-refractivity contribution in [1.29, 1.82) is 0 Å². The lowest BCUT2D eigenvalue weighted by Gasteiger charge is -2.08. The highest BCUT2D eigenvalue weighted by atomic mass is 32.2. The van der Waals surface area contributed by atoms with Gasteiger partial charge < -0.3 is 33.2 Å². The van der Waals surface area contributed by atoms with E-state index in [4.69, 9.17) is 37.3 Å². The zero-order chi connectivity index (χ0) is 25.6. The van der Waals surface area contributed by atoms with Crippen LogP contribution in [0.15, 0.2) is 29.2 Å². The molecule has 0 radical (unpaired) electrons. The van der Waals surface area contributed by atoms with Crippen LogP contribution in [0.25, 0.3) is 0 Å². The zero-order valence-corrected chi connectivity index (χ0v) is 20.8. The first-order valence-corrected chi connectivity index (χ1v) is 12.5. The van der Waals surface area contributed by atoms with E-state index in [2.05, 4.69) is 0 Å². The second-order valence-corrected chi connectivity index (χ2v) is 8.31. The number of ether oxygens (including phenoxy) is 7. The monoisotopic (exact) mass is 525 g/mol. The average Bonchev–Trinajstić information content (AvgIpc) is 2.85. The highest BCUT2D eigenvalue weighted by Gasteiger charge is 2.16. The molecule has 0 heterocycles. The van der Waals surface area contributed by atoms with E-state index in [1.54, 1.807) is 7.11 Å². The summed E-state index contributed by atoms with van der Waals surface area (Å²) < 4.78 is 65.7. The number of rotatable bonds is 24. The van der Waals surface area contributed by atoms with Crippen LogP contribution in [0, 0.1) is 10.1 Å². The molecule has 1 aromatic carbocycles. The Morgan fingerprint density at radius 1 is 0.629 bits per heavy atom. The Labute approximate surface area is 205 Å². The summed E-state index contributed by atoms with van der Waals surface area (Å²) in [6.45, 7) is 5.29. The van der Waals surface area contributed by atoms with Gasteiger partial charge in [-0.3, -0.25) is 14.3 Å². The van der Waals surface area contributed by atoms with Crippen molar-refractivity contribution in [1.82, 2.24) is 0 Å². The fourth-order valence-electron chi connectivity index (χ4n) is 2.35. The van der Waals surface area contributed by atoms with Crippen LogP contribution in [0.5, 0.6) is 0 Å². The Morgan fingerprint density at radius 2 is 0.971 bits per heavy atom. The fraction of sp³-hybridized carbons (Fsp3) is 0.714. The number of methoxy groups -OCH3 is 1. The molecule has 13 nitrogen and oxygen atoms in total. The minimum Gasteiger partial charge on any atom is -0.382 e. The summed E-state index contributed by atoms with van der Waals surface area (Å²) in [6.07, 6.45) is 0. The molecule has 0 saturated carbocycles. The van der Waals surface area contributed by atoms with Gasteiger partial charge in [-0.15, -0.1) is 0 Å². The molecule has 0 bridgehead atoms. The Morgan fingerprint density at radius 3 is 1.31 bits per heavy atom. The summed E-state index contributed by atoms with van der Waals surface area (Å²) in [7, 11) is -2.38. The summed E-state index contributed by atoms with van der Waals surface area (Å²) >= 11 is 0. The smallest absolute Gasteiger partial charge is 0.297 e. The first-order valence-electron chi connectivity index (χ1n) is 11.1. The number of hydrogen-bond acceptors (Lipinski definition) is 12. The Kier molecular flexibility index (Phi) is 18.3. The topological polar surface area (TPSA) is 151 Å². The summed E-state index contributed by atoms with van der Waals surface area (Å²) in [5, 5.41) is 10.6. The lowest BCUT2D eigenvalue weighted by molar-refractivity contribution is -0.384. The van der Waals surface area contributed by atoms with E-state index in [1.165, 1.54) is 0 Å². The third kappa shape index (κ3) is 16.5. The van der Waals surface area contributed by atoms with Gasteiger partial charge in [0.15, 0.2) is 0 Å². The Bertz CT molecular complexity index is 760. The maximum absolute atomic E-state index is 12.0. The van der Waals surface area contributed by atoms with Crippen LogP contribution in [-0.2, 0) is 47.5 Å². The van der Waals surface area contributed by atoms with Crippen LogP contribution in [0.2, 0.25) is 0 Å². The van der Waals surface area contributed by atoms with Gasteiger partial charge in [0, 0.05) is 19.2 Å². The van der Waals surface area contributed by atoms with Crippen molar-refractivity contribution >= 4 is 15.8 Å². The van der Waals surface area contributed by atoms with Crippen molar-refractivity contribution < 1.29 is 50.7 Å². The fourth-order valence-corrected chi connectivity index (χ4v) is 3.24. The molecule has 35 heavy (non-hydrogen) atoms. The molecule has 1 rings (SSSR count). The quantitative estimate of drug-likeness (QED) is 0.0821.